The smallest absolute Gasteiger partial charge is 0.408 e. The number of alkyl carbamates (subject to hydrolysis) is 1. The summed E-state index contributed by atoms with van der Waals surface area (Å²) in [4.78, 5) is 24.7. The number of carbonyl (C=O) groups excluding carboxylic acids is 2. The lowest BCUT2D eigenvalue weighted by atomic mass is 10.0. The molecule has 0 fully saturated rings. The monoisotopic (exact) mass is 384 g/mol. The Morgan fingerprint density at radius 1 is 1.04 bits per heavy atom. The normalized spacial score (nSPS) is 13.1. The molecule has 2 amide bonds. The van der Waals surface area contributed by atoms with Crippen molar-refractivity contribution < 1.29 is 23.8 Å². The predicted molar refractivity (Wildman–Crippen MR) is 103 cm³/mol. The van der Waals surface area contributed by atoms with Gasteiger partial charge in [-0.05, 0) is 29.2 Å². The summed E-state index contributed by atoms with van der Waals surface area (Å²) in [5.41, 5.74) is 1.76. The van der Waals surface area contributed by atoms with E-state index in [9.17, 15) is 9.59 Å². The first kappa shape index (κ1) is 19.5. The lowest BCUT2D eigenvalue weighted by Crippen LogP contribution is -2.49. The first-order chi connectivity index (χ1) is 13.5. The molecule has 0 radical (unpaired) electrons. The maximum atomic E-state index is 12.6. The van der Waals surface area contributed by atoms with Gasteiger partial charge >= 0.3 is 6.09 Å². The third kappa shape index (κ3) is 5.16. The lowest BCUT2D eigenvalue weighted by Gasteiger charge is -2.21. The molecule has 28 heavy (non-hydrogen) atoms. The third-order valence-electron chi connectivity index (χ3n) is 4.34. The van der Waals surface area contributed by atoms with Crippen molar-refractivity contribution in [3.05, 3.63) is 59.7 Å². The Hall–Kier alpha value is -3.22. The second-order valence-corrected chi connectivity index (χ2v) is 6.83. The molecule has 148 valence electrons. The van der Waals surface area contributed by atoms with Crippen LogP contribution in [0.2, 0.25) is 0 Å². The molecule has 1 aliphatic rings. The summed E-state index contributed by atoms with van der Waals surface area (Å²) in [7, 11) is 0. The molecule has 7 heteroatoms. The molecule has 7 nitrogen and oxygen atoms in total. The van der Waals surface area contributed by atoms with Crippen molar-refractivity contribution in [1.82, 2.24) is 10.6 Å². The van der Waals surface area contributed by atoms with Crippen molar-refractivity contribution in [1.29, 1.82) is 0 Å². The fraction of sp³-hybridized carbons (Fsp3) is 0.333. The van der Waals surface area contributed by atoms with Gasteiger partial charge in [-0.1, -0.05) is 50.2 Å². The van der Waals surface area contributed by atoms with E-state index in [4.69, 9.17) is 14.2 Å². The van der Waals surface area contributed by atoms with Gasteiger partial charge in [0, 0.05) is 6.54 Å². The molecule has 0 aliphatic carbocycles. The van der Waals surface area contributed by atoms with Crippen LogP contribution in [-0.2, 0) is 22.7 Å². The number of benzene rings is 2. The molecule has 0 spiro atoms. The quantitative estimate of drug-likeness (QED) is 0.767. The second-order valence-electron chi connectivity index (χ2n) is 6.83. The van der Waals surface area contributed by atoms with Gasteiger partial charge in [-0.15, -0.1) is 0 Å². The Kier molecular flexibility index (Phi) is 6.37. The second kappa shape index (κ2) is 9.12. The summed E-state index contributed by atoms with van der Waals surface area (Å²) < 4.78 is 15.8. The van der Waals surface area contributed by atoms with Gasteiger partial charge in [-0.2, -0.15) is 0 Å². The van der Waals surface area contributed by atoms with Crippen molar-refractivity contribution in [2.45, 2.75) is 33.0 Å². The van der Waals surface area contributed by atoms with E-state index in [1.165, 1.54) is 0 Å². The molecule has 0 saturated carbocycles. The van der Waals surface area contributed by atoms with Crippen molar-refractivity contribution >= 4 is 12.0 Å². The first-order valence-electron chi connectivity index (χ1n) is 9.16. The van der Waals surface area contributed by atoms with Crippen LogP contribution in [0.3, 0.4) is 0 Å². The number of hydrogen-bond acceptors (Lipinski definition) is 5. The standard InChI is InChI=1S/C21H24N2O5/c1-14(2)19(23-21(25)26-12-15-6-4-3-5-7-15)20(24)22-11-16-8-9-17-18(10-16)28-13-27-17/h3-10,14,19H,11-13H2,1-2H3,(H,22,24)(H,23,25). The van der Waals surface area contributed by atoms with Gasteiger partial charge in [0.2, 0.25) is 12.7 Å². The van der Waals surface area contributed by atoms with Crippen LogP contribution in [0, 0.1) is 5.92 Å². The summed E-state index contributed by atoms with van der Waals surface area (Å²) in [5.74, 6) is 0.984. The van der Waals surface area contributed by atoms with Gasteiger partial charge in [0.15, 0.2) is 11.5 Å². The highest BCUT2D eigenvalue weighted by Crippen LogP contribution is 2.32. The van der Waals surface area contributed by atoms with Crippen molar-refractivity contribution in [2.24, 2.45) is 5.92 Å². The van der Waals surface area contributed by atoms with Crippen molar-refractivity contribution in [3.8, 4) is 11.5 Å². The van der Waals surface area contributed by atoms with E-state index in [1.54, 1.807) is 0 Å². The zero-order chi connectivity index (χ0) is 19.9. The van der Waals surface area contributed by atoms with Crippen LogP contribution in [0.4, 0.5) is 4.79 Å². The van der Waals surface area contributed by atoms with E-state index >= 15 is 0 Å². The minimum absolute atomic E-state index is 0.0963. The van der Waals surface area contributed by atoms with Crippen LogP contribution in [0.15, 0.2) is 48.5 Å². The summed E-state index contributed by atoms with van der Waals surface area (Å²) >= 11 is 0. The number of carbonyl (C=O) groups is 2. The zero-order valence-corrected chi connectivity index (χ0v) is 15.9. The highest BCUT2D eigenvalue weighted by molar-refractivity contribution is 5.85. The Bertz CT molecular complexity index is 823. The summed E-state index contributed by atoms with van der Waals surface area (Å²) in [5, 5.41) is 5.49. The van der Waals surface area contributed by atoms with Crippen molar-refractivity contribution in [2.75, 3.05) is 6.79 Å². The molecule has 2 N–H and O–H groups in total. The highest BCUT2D eigenvalue weighted by Gasteiger charge is 2.25. The van der Waals surface area contributed by atoms with Gasteiger partial charge in [-0.3, -0.25) is 4.79 Å². The van der Waals surface area contributed by atoms with E-state index in [-0.39, 0.29) is 25.2 Å². The van der Waals surface area contributed by atoms with E-state index in [1.807, 2.05) is 62.4 Å². The molecule has 3 rings (SSSR count). The van der Waals surface area contributed by atoms with Gasteiger partial charge in [-0.25, -0.2) is 4.79 Å². The highest BCUT2D eigenvalue weighted by atomic mass is 16.7. The Morgan fingerprint density at radius 2 is 1.79 bits per heavy atom. The summed E-state index contributed by atoms with van der Waals surface area (Å²) in [6.07, 6.45) is -0.624. The van der Waals surface area contributed by atoms with E-state index < -0.39 is 12.1 Å². The van der Waals surface area contributed by atoms with Crippen LogP contribution >= 0.6 is 0 Å². The van der Waals surface area contributed by atoms with Crippen LogP contribution in [0.25, 0.3) is 0 Å². The number of nitrogens with one attached hydrogen (secondary N) is 2. The minimum Gasteiger partial charge on any atom is -0.454 e. The van der Waals surface area contributed by atoms with E-state index in [0.29, 0.717) is 18.0 Å². The Labute approximate surface area is 164 Å². The van der Waals surface area contributed by atoms with Crippen molar-refractivity contribution in [3.63, 3.8) is 0 Å². The third-order valence-corrected chi connectivity index (χ3v) is 4.34. The lowest BCUT2D eigenvalue weighted by molar-refractivity contribution is -0.124. The molecule has 1 aliphatic heterocycles. The fourth-order valence-electron chi connectivity index (χ4n) is 2.78. The summed E-state index contributed by atoms with van der Waals surface area (Å²) in [6, 6.07) is 14.2. The topological polar surface area (TPSA) is 85.9 Å². The van der Waals surface area contributed by atoms with Gasteiger partial charge in [0.05, 0.1) is 0 Å². The van der Waals surface area contributed by atoms with Gasteiger partial charge < -0.3 is 24.8 Å². The predicted octanol–water partition coefficient (Wildman–Crippen LogP) is 2.98. The number of hydrogen-bond donors (Lipinski definition) is 2. The number of fused-ring (bicyclic) bond motifs is 1. The number of amides is 2. The molecule has 2 aromatic carbocycles. The van der Waals surface area contributed by atoms with Gasteiger partial charge in [0.25, 0.3) is 0 Å². The van der Waals surface area contributed by atoms with Crippen LogP contribution < -0.4 is 20.1 Å². The largest absolute Gasteiger partial charge is 0.454 e. The molecule has 0 bridgehead atoms. The molecule has 0 saturated heterocycles. The molecule has 1 unspecified atom stereocenters. The molecule has 1 atom stereocenters. The molecule has 0 aromatic heterocycles. The van der Waals surface area contributed by atoms with E-state index in [2.05, 4.69) is 10.6 Å². The van der Waals surface area contributed by atoms with Crippen LogP contribution in [0.5, 0.6) is 11.5 Å². The Balaban J connectivity index is 1.51. The number of rotatable bonds is 7. The summed E-state index contributed by atoms with van der Waals surface area (Å²) in [6.45, 7) is 4.40. The SMILES string of the molecule is CC(C)C(NC(=O)OCc1ccccc1)C(=O)NCc1ccc2c(c1)OCO2. The zero-order valence-electron chi connectivity index (χ0n) is 15.9. The Morgan fingerprint density at radius 3 is 2.54 bits per heavy atom. The molecular formula is C21H24N2O5. The van der Waals surface area contributed by atoms with Crippen LogP contribution in [0.1, 0.15) is 25.0 Å². The maximum absolute atomic E-state index is 12.6. The minimum atomic E-state index is -0.697. The number of ether oxygens (including phenoxy) is 3. The average molecular weight is 384 g/mol. The van der Waals surface area contributed by atoms with Gasteiger partial charge in [0.1, 0.15) is 12.6 Å². The van der Waals surface area contributed by atoms with Crippen LogP contribution in [-0.4, -0.2) is 24.8 Å². The maximum Gasteiger partial charge on any atom is 0.408 e. The first-order valence-corrected chi connectivity index (χ1v) is 9.16. The average Bonchev–Trinajstić information content (AvgIpc) is 3.17. The molecular weight excluding hydrogens is 360 g/mol. The molecule has 1 heterocycles. The molecule has 2 aromatic rings. The fourth-order valence-corrected chi connectivity index (χ4v) is 2.78. The van der Waals surface area contributed by atoms with E-state index in [0.717, 1.165) is 11.1 Å².